The Bertz CT molecular complexity index is 599. The highest BCUT2D eigenvalue weighted by Gasteiger charge is 2.32. The van der Waals surface area contributed by atoms with Crippen LogP contribution >= 0.6 is 0 Å². The molecule has 2 aliphatic rings. The molecule has 2 saturated heterocycles. The molecule has 0 N–H and O–H groups in total. The van der Waals surface area contributed by atoms with Crippen LogP contribution < -0.4 is 12.4 Å². The fraction of sp³-hybridized carbons (Fsp3) is 0.538. The molecule has 0 saturated carbocycles. The third-order valence-electron chi connectivity index (χ3n) is 3.63. The molecular formula is C13H16ClN4O5-. The summed E-state index contributed by atoms with van der Waals surface area (Å²) in [6, 6.07) is 2.66. The van der Waals surface area contributed by atoms with Crippen molar-refractivity contribution in [3.63, 3.8) is 0 Å². The number of hydrogen-bond donors (Lipinski definition) is 0. The molecule has 126 valence electrons. The highest BCUT2D eigenvalue weighted by atomic mass is 35.5. The molecule has 9 nitrogen and oxygen atoms in total. The number of furan rings is 1. The summed E-state index contributed by atoms with van der Waals surface area (Å²) in [5.41, 5.74) is 0. The van der Waals surface area contributed by atoms with Crippen molar-refractivity contribution < 1.29 is 31.3 Å². The van der Waals surface area contributed by atoms with Gasteiger partial charge >= 0.3 is 12.0 Å². The maximum absolute atomic E-state index is 11.7. The van der Waals surface area contributed by atoms with Gasteiger partial charge in [-0.2, -0.15) is 10.1 Å². The Morgan fingerprint density at radius 2 is 2.13 bits per heavy atom. The maximum atomic E-state index is 11.7. The molecule has 2 fully saturated rings. The van der Waals surface area contributed by atoms with E-state index in [1.807, 2.05) is 0 Å². The van der Waals surface area contributed by atoms with Gasteiger partial charge in [0.1, 0.15) is 11.0 Å². The number of hydrogen-bond acceptors (Lipinski definition) is 7. The van der Waals surface area contributed by atoms with Gasteiger partial charge in [0.15, 0.2) is 5.76 Å². The molecule has 0 radical (unpaired) electrons. The number of amides is 1. The van der Waals surface area contributed by atoms with Crippen LogP contribution in [0.4, 0.5) is 10.7 Å². The Labute approximate surface area is 138 Å². The number of nitrogens with zero attached hydrogens (tertiary/aromatic N) is 4. The predicted octanol–water partition coefficient (Wildman–Crippen LogP) is -1.56. The van der Waals surface area contributed by atoms with Gasteiger partial charge in [-0.05, 0) is 32.0 Å². The zero-order chi connectivity index (χ0) is 15.5. The van der Waals surface area contributed by atoms with Crippen LogP contribution in [0.25, 0.3) is 0 Å². The molecule has 0 spiro atoms. The van der Waals surface area contributed by atoms with Gasteiger partial charge in [0.25, 0.3) is 0 Å². The first-order chi connectivity index (χ1) is 10.6. The number of ether oxygens (including phenoxy) is 1. The van der Waals surface area contributed by atoms with E-state index in [4.69, 9.17) is 9.15 Å². The summed E-state index contributed by atoms with van der Waals surface area (Å²) < 4.78 is 10.2. The van der Waals surface area contributed by atoms with Crippen LogP contribution in [0.2, 0.25) is 0 Å². The zero-order valence-corrected chi connectivity index (χ0v) is 13.0. The number of halogens is 1. The average molecular weight is 344 g/mol. The van der Waals surface area contributed by atoms with Gasteiger partial charge < -0.3 is 21.6 Å². The molecule has 0 bridgehead atoms. The second kappa shape index (κ2) is 7.42. The largest absolute Gasteiger partial charge is 1.00 e. The second-order valence-corrected chi connectivity index (χ2v) is 5.27. The highest BCUT2D eigenvalue weighted by Crippen LogP contribution is 2.17. The van der Waals surface area contributed by atoms with Crippen molar-refractivity contribution in [2.75, 3.05) is 26.2 Å². The molecule has 10 heteroatoms. The Morgan fingerprint density at radius 1 is 1.39 bits per heavy atom. The van der Waals surface area contributed by atoms with Gasteiger partial charge in [0.05, 0.1) is 18.8 Å². The standard InChI is InChI=1S/C13H16N4O5.ClH/c18-13-16(9-11(22-13)8-15-5-1-2-6-15)14-7-10-3-4-12(21-10)17(19)20;/h3-4,7,11H,1-2,5-6,8-9H2;1H/p-1/b14-7+;. The van der Waals surface area contributed by atoms with Crippen molar-refractivity contribution in [2.24, 2.45) is 5.10 Å². The number of cyclic esters (lactones) is 1. The molecule has 0 aromatic carbocycles. The molecule has 1 unspecified atom stereocenters. The Kier molecular flexibility index (Phi) is 5.56. The molecule has 3 heterocycles. The Hall–Kier alpha value is -2.13. The van der Waals surface area contributed by atoms with E-state index in [0.29, 0.717) is 13.1 Å². The first kappa shape index (κ1) is 17.2. The summed E-state index contributed by atoms with van der Waals surface area (Å²) in [6.07, 6.45) is 2.92. The molecule has 23 heavy (non-hydrogen) atoms. The van der Waals surface area contributed by atoms with Crippen LogP contribution in [0, 0.1) is 10.1 Å². The lowest BCUT2D eigenvalue weighted by Gasteiger charge is -2.17. The molecule has 1 atom stereocenters. The summed E-state index contributed by atoms with van der Waals surface area (Å²) in [7, 11) is 0. The first-order valence-corrected chi connectivity index (χ1v) is 7.10. The van der Waals surface area contributed by atoms with Crippen LogP contribution in [-0.2, 0) is 4.74 Å². The van der Waals surface area contributed by atoms with Gasteiger partial charge in [-0.15, -0.1) is 0 Å². The molecule has 3 rings (SSSR count). The van der Waals surface area contributed by atoms with Crippen LogP contribution in [0.15, 0.2) is 21.7 Å². The molecule has 1 amide bonds. The van der Waals surface area contributed by atoms with Crippen molar-refractivity contribution in [1.29, 1.82) is 0 Å². The number of likely N-dealkylation sites (tertiary alicyclic amines) is 1. The highest BCUT2D eigenvalue weighted by molar-refractivity contribution is 5.78. The van der Waals surface area contributed by atoms with E-state index in [0.717, 1.165) is 13.1 Å². The monoisotopic (exact) mass is 343 g/mol. The lowest BCUT2D eigenvalue weighted by Crippen LogP contribution is -3.00. The van der Waals surface area contributed by atoms with Crippen molar-refractivity contribution in [3.8, 4) is 0 Å². The minimum absolute atomic E-state index is 0. The Morgan fingerprint density at radius 3 is 2.78 bits per heavy atom. The van der Waals surface area contributed by atoms with Crippen LogP contribution in [-0.4, -0.2) is 59.4 Å². The van der Waals surface area contributed by atoms with Crippen LogP contribution in [0.5, 0.6) is 0 Å². The smallest absolute Gasteiger partial charge is 0.433 e. The molecule has 1 aromatic rings. The van der Waals surface area contributed by atoms with Crippen molar-refractivity contribution in [3.05, 3.63) is 28.0 Å². The number of nitro groups is 1. The lowest BCUT2D eigenvalue weighted by molar-refractivity contribution is -0.402. The van der Waals surface area contributed by atoms with Gasteiger partial charge in [-0.25, -0.2) is 4.79 Å². The van der Waals surface area contributed by atoms with E-state index in [9.17, 15) is 14.9 Å². The average Bonchev–Trinajstić information content (AvgIpc) is 3.18. The van der Waals surface area contributed by atoms with Gasteiger partial charge in [-0.3, -0.25) is 15.0 Å². The summed E-state index contributed by atoms with van der Waals surface area (Å²) >= 11 is 0. The van der Waals surface area contributed by atoms with E-state index in [1.165, 1.54) is 36.2 Å². The topological polar surface area (TPSA) is 101 Å². The van der Waals surface area contributed by atoms with E-state index < -0.39 is 11.0 Å². The van der Waals surface area contributed by atoms with Crippen LogP contribution in [0.3, 0.4) is 0 Å². The number of hydrazone groups is 1. The summed E-state index contributed by atoms with van der Waals surface area (Å²) in [5, 5.41) is 15.7. The fourth-order valence-electron chi connectivity index (χ4n) is 2.59. The normalized spacial score (nSPS) is 21.7. The second-order valence-electron chi connectivity index (χ2n) is 5.27. The van der Waals surface area contributed by atoms with Gasteiger partial charge in [0, 0.05) is 6.54 Å². The quantitative estimate of drug-likeness (QED) is 0.364. The van der Waals surface area contributed by atoms with Gasteiger partial charge in [0.2, 0.25) is 0 Å². The van der Waals surface area contributed by atoms with Gasteiger partial charge in [-0.1, -0.05) is 0 Å². The third-order valence-corrected chi connectivity index (χ3v) is 3.63. The maximum Gasteiger partial charge on any atom is 0.433 e. The first-order valence-electron chi connectivity index (χ1n) is 7.10. The van der Waals surface area contributed by atoms with Crippen molar-refractivity contribution >= 4 is 18.2 Å². The lowest BCUT2D eigenvalue weighted by atomic mass is 10.3. The van der Waals surface area contributed by atoms with Crippen molar-refractivity contribution in [2.45, 2.75) is 18.9 Å². The number of carbonyl (C=O) groups excluding carboxylic acids is 1. The molecule has 2 aliphatic heterocycles. The summed E-state index contributed by atoms with van der Waals surface area (Å²) in [6.45, 7) is 3.15. The molecule has 1 aromatic heterocycles. The minimum Gasteiger partial charge on any atom is -1.00 e. The number of carbonyl (C=O) groups is 1. The van der Waals surface area contributed by atoms with Crippen LogP contribution in [0.1, 0.15) is 18.6 Å². The molecular weight excluding hydrogens is 328 g/mol. The molecule has 0 aliphatic carbocycles. The summed E-state index contributed by atoms with van der Waals surface area (Å²) in [4.78, 5) is 23.9. The fourth-order valence-corrected chi connectivity index (χ4v) is 2.59. The van der Waals surface area contributed by atoms with E-state index in [-0.39, 0.29) is 30.2 Å². The predicted molar refractivity (Wildman–Crippen MR) is 75.6 cm³/mol. The zero-order valence-electron chi connectivity index (χ0n) is 12.3. The SMILES string of the molecule is O=C1OC(CN2CCCC2)CN1/N=C/c1ccc([N+](=O)[O-])o1.[Cl-]. The third kappa shape index (κ3) is 4.20. The number of rotatable bonds is 5. The minimum atomic E-state index is -0.631. The Balaban J connectivity index is 0.00000192. The van der Waals surface area contributed by atoms with E-state index >= 15 is 0 Å². The van der Waals surface area contributed by atoms with E-state index in [2.05, 4.69) is 10.0 Å². The van der Waals surface area contributed by atoms with E-state index in [1.54, 1.807) is 0 Å². The summed E-state index contributed by atoms with van der Waals surface area (Å²) in [5.74, 6) is -0.153. The van der Waals surface area contributed by atoms with Crippen molar-refractivity contribution in [1.82, 2.24) is 9.91 Å².